The first-order chi connectivity index (χ1) is 7.87. The molecule has 1 saturated heterocycles. The summed E-state index contributed by atoms with van der Waals surface area (Å²) < 4.78 is 26.2. The van der Waals surface area contributed by atoms with Gasteiger partial charge in [-0.2, -0.15) is 0 Å². The van der Waals surface area contributed by atoms with E-state index in [0.717, 1.165) is 12.1 Å². The highest BCUT2D eigenvalue weighted by atomic mass is 19.2. The van der Waals surface area contributed by atoms with Crippen LogP contribution in [0.5, 0.6) is 0 Å². The molecule has 1 aliphatic rings. The summed E-state index contributed by atoms with van der Waals surface area (Å²) in [7, 11) is 0. The third kappa shape index (κ3) is 1.96. The van der Waals surface area contributed by atoms with Crippen molar-refractivity contribution < 1.29 is 13.9 Å². The zero-order chi connectivity index (χ0) is 12.7. The van der Waals surface area contributed by atoms with E-state index in [-0.39, 0.29) is 0 Å². The van der Waals surface area contributed by atoms with Gasteiger partial charge in [0.25, 0.3) is 0 Å². The van der Waals surface area contributed by atoms with Gasteiger partial charge in [0.15, 0.2) is 11.6 Å². The fourth-order valence-electron chi connectivity index (χ4n) is 2.44. The maximum absolute atomic E-state index is 13.3. The number of nitrogens with one attached hydrogen (secondary N) is 1. The molecule has 0 bridgehead atoms. The van der Waals surface area contributed by atoms with Gasteiger partial charge in [-0.05, 0) is 30.7 Å². The van der Waals surface area contributed by atoms with E-state index in [9.17, 15) is 13.9 Å². The van der Waals surface area contributed by atoms with E-state index in [2.05, 4.69) is 5.32 Å². The predicted octanol–water partition coefficient (Wildman–Crippen LogP) is 2.17. The molecule has 94 valence electrons. The predicted molar refractivity (Wildman–Crippen MR) is 61.5 cm³/mol. The standard InChI is InChI=1S/C13H17F2NO/c1-12(2)8-16-6-5-13(12,17)9-3-4-10(14)11(15)7-9/h3-4,7,16-17H,5-6,8H2,1-2H3. The van der Waals surface area contributed by atoms with Gasteiger partial charge in [-0.3, -0.25) is 0 Å². The number of rotatable bonds is 1. The van der Waals surface area contributed by atoms with E-state index in [0.29, 0.717) is 25.1 Å². The summed E-state index contributed by atoms with van der Waals surface area (Å²) >= 11 is 0. The summed E-state index contributed by atoms with van der Waals surface area (Å²) in [5, 5.41) is 14.0. The van der Waals surface area contributed by atoms with Gasteiger partial charge in [0.1, 0.15) is 0 Å². The van der Waals surface area contributed by atoms with Crippen LogP contribution in [0.1, 0.15) is 25.8 Å². The maximum Gasteiger partial charge on any atom is 0.159 e. The molecule has 0 aromatic heterocycles. The van der Waals surface area contributed by atoms with Gasteiger partial charge in [-0.25, -0.2) is 8.78 Å². The number of aliphatic hydroxyl groups is 1. The molecule has 2 nitrogen and oxygen atoms in total. The second-order valence-corrected chi connectivity index (χ2v) is 5.30. The quantitative estimate of drug-likeness (QED) is 0.789. The fourth-order valence-corrected chi connectivity index (χ4v) is 2.44. The minimum atomic E-state index is -1.12. The van der Waals surface area contributed by atoms with Crippen LogP contribution in [0.25, 0.3) is 0 Å². The first-order valence-electron chi connectivity index (χ1n) is 5.75. The first-order valence-corrected chi connectivity index (χ1v) is 5.75. The molecule has 1 unspecified atom stereocenters. The lowest BCUT2D eigenvalue weighted by molar-refractivity contribution is -0.0947. The van der Waals surface area contributed by atoms with E-state index < -0.39 is 22.7 Å². The normalized spacial score (nSPS) is 28.1. The smallest absolute Gasteiger partial charge is 0.159 e. The molecule has 1 heterocycles. The molecule has 1 aliphatic heterocycles. The van der Waals surface area contributed by atoms with Crippen molar-refractivity contribution in [1.82, 2.24) is 5.32 Å². The van der Waals surface area contributed by atoms with Gasteiger partial charge < -0.3 is 10.4 Å². The summed E-state index contributed by atoms with van der Waals surface area (Å²) in [5.74, 6) is -1.80. The maximum atomic E-state index is 13.3. The molecule has 4 heteroatoms. The van der Waals surface area contributed by atoms with Crippen LogP contribution in [0, 0.1) is 17.0 Å². The molecule has 0 amide bonds. The second kappa shape index (κ2) is 4.03. The summed E-state index contributed by atoms with van der Waals surface area (Å²) in [5.41, 5.74) is -1.09. The number of piperidine rings is 1. The molecule has 0 aliphatic carbocycles. The number of halogens is 2. The lowest BCUT2D eigenvalue weighted by Crippen LogP contribution is -2.53. The minimum Gasteiger partial charge on any atom is -0.385 e. The third-order valence-corrected chi connectivity index (χ3v) is 3.75. The Morgan fingerprint density at radius 3 is 2.53 bits per heavy atom. The lowest BCUT2D eigenvalue weighted by Gasteiger charge is -2.47. The van der Waals surface area contributed by atoms with Gasteiger partial charge in [0, 0.05) is 12.0 Å². The molecule has 2 rings (SSSR count). The van der Waals surface area contributed by atoms with Gasteiger partial charge >= 0.3 is 0 Å². The van der Waals surface area contributed by atoms with Crippen molar-refractivity contribution in [2.45, 2.75) is 25.9 Å². The van der Waals surface area contributed by atoms with Crippen LogP contribution < -0.4 is 5.32 Å². The molecule has 2 N–H and O–H groups in total. The number of hydrogen-bond acceptors (Lipinski definition) is 2. The average molecular weight is 241 g/mol. The molecule has 1 aromatic rings. The topological polar surface area (TPSA) is 32.3 Å². The number of benzene rings is 1. The van der Waals surface area contributed by atoms with Crippen LogP contribution in [0.2, 0.25) is 0 Å². The average Bonchev–Trinajstić information content (AvgIpc) is 2.26. The molecule has 17 heavy (non-hydrogen) atoms. The van der Waals surface area contributed by atoms with Crippen LogP contribution in [-0.2, 0) is 5.60 Å². The van der Waals surface area contributed by atoms with Crippen molar-refractivity contribution in [1.29, 1.82) is 0 Å². The van der Waals surface area contributed by atoms with Crippen LogP contribution in [0.4, 0.5) is 8.78 Å². The Balaban J connectivity index is 2.45. The van der Waals surface area contributed by atoms with Gasteiger partial charge in [-0.1, -0.05) is 19.9 Å². The largest absolute Gasteiger partial charge is 0.385 e. The van der Waals surface area contributed by atoms with E-state index in [1.165, 1.54) is 6.07 Å². The van der Waals surface area contributed by atoms with E-state index >= 15 is 0 Å². The Kier molecular flexibility index (Phi) is 2.96. The molecule has 0 radical (unpaired) electrons. The minimum absolute atomic E-state index is 0.421. The van der Waals surface area contributed by atoms with Crippen LogP contribution >= 0.6 is 0 Å². The van der Waals surface area contributed by atoms with Crippen LogP contribution in [0.15, 0.2) is 18.2 Å². The Morgan fingerprint density at radius 2 is 1.94 bits per heavy atom. The summed E-state index contributed by atoms with van der Waals surface area (Å²) in [6.07, 6.45) is 0.491. The van der Waals surface area contributed by atoms with Crippen LogP contribution in [-0.4, -0.2) is 18.2 Å². The SMILES string of the molecule is CC1(C)CNCCC1(O)c1ccc(F)c(F)c1. The van der Waals surface area contributed by atoms with Crippen molar-refractivity contribution in [3.05, 3.63) is 35.4 Å². The summed E-state index contributed by atoms with van der Waals surface area (Å²) in [4.78, 5) is 0. The van der Waals surface area contributed by atoms with E-state index in [1.54, 1.807) is 0 Å². The van der Waals surface area contributed by atoms with E-state index in [4.69, 9.17) is 0 Å². The second-order valence-electron chi connectivity index (χ2n) is 5.30. The highest BCUT2D eigenvalue weighted by Crippen LogP contribution is 2.43. The Hall–Kier alpha value is -1.00. The molecule has 1 fully saturated rings. The first kappa shape index (κ1) is 12.5. The molecular formula is C13H17F2NO. The van der Waals surface area contributed by atoms with Crippen molar-refractivity contribution >= 4 is 0 Å². The van der Waals surface area contributed by atoms with Crippen molar-refractivity contribution in [2.75, 3.05) is 13.1 Å². The van der Waals surface area contributed by atoms with E-state index in [1.807, 2.05) is 13.8 Å². The Bertz CT molecular complexity index is 433. The fraction of sp³-hybridized carbons (Fsp3) is 0.538. The molecule has 1 atom stereocenters. The van der Waals surface area contributed by atoms with Gasteiger partial charge in [0.2, 0.25) is 0 Å². The van der Waals surface area contributed by atoms with Crippen molar-refractivity contribution in [3.63, 3.8) is 0 Å². The Labute approximate surface area is 99.7 Å². The van der Waals surface area contributed by atoms with Gasteiger partial charge in [0.05, 0.1) is 5.60 Å². The molecular weight excluding hydrogens is 224 g/mol. The highest BCUT2D eigenvalue weighted by Gasteiger charge is 2.46. The third-order valence-electron chi connectivity index (χ3n) is 3.75. The van der Waals surface area contributed by atoms with Crippen molar-refractivity contribution in [2.24, 2.45) is 5.41 Å². The zero-order valence-electron chi connectivity index (χ0n) is 10.1. The monoisotopic (exact) mass is 241 g/mol. The summed E-state index contributed by atoms with van der Waals surface area (Å²) in [6.45, 7) is 5.14. The highest BCUT2D eigenvalue weighted by molar-refractivity contribution is 5.27. The molecule has 0 saturated carbocycles. The molecule has 0 spiro atoms. The lowest BCUT2D eigenvalue weighted by atomic mass is 9.67. The number of hydrogen-bond donors (Lipinski definition) is 2. The zero-order valence-corrected chi connectivity index (χ0v) is 10.1. The summed E-state index contributed by atoms with van der Waals surface area (Å²) in [6, 6.07) is 3.63. The van der Waals surface area contributed by atoms with Gasteiger partial charge in [-0.15, -0.1) is 0 Å². The van der Waals surface area contributed by atoms with Crippen molar-refractivity contribution in [3.8, 4) is 0 Å². The molecule has 1 aromatic carbocycles. The van der Waals surface area contributed by atoms with Crippen LogP contribution in [0.3, 0.4) is 0 Å². The Morgan fingerprint density at radius 1 is 1.24 bits per heavy atom.